The zero-order chi connectivity index (χ0) is 7.26. The lowest BCUT2D eigenvalue weighted by molar-refractivity contribution is 0.157. The van der Waals surface area contributed by atoms with Crippen LogP contribution in [0.15, 0.2) is 0 Å². The van der Waals surface area contributed by atoms with Gasteiger partial charge in [-0.1, -0.05) is 12.8 Å². The second-order valence-electron chi connectivity index (χ2n) is 4.11. The van der Waals surface area contributed by atoms with Gasteiger partial charge in [-0.25, -0.2) is 0 Å². The number of rotatable bonds is 1. The van der Waals surface area contributed by atoms with Gasteiger partial charge in [0, 0.05) is 19.1 Å². The third kappa shape index (κ3) is 1.00. The maximum absolute atomic E-state index is 5.40. The molecule has 2 saturated heterocycles. The van der Waals surface area contributed by atoms with Crippen molar-refractivity contribution in [3.05, 3.63) is 0 Å². The van der Waals surface area contributed by atoms with Gasteiger partial charge in [-0.3, -0.25) is 4.90 Å². The van der Waals surface area contributed by atoms with Gasteiger partial charge in [0.15, 0.2) is 0 Å². The summed E-state index contributed by atoms with van der Waals surface area (Å²) in [6, 6.07) is 0.923. The van der Waals surface area contributed by atoms with E-state index in [9.17, 15) is 0 Å². The van der Waals surface area contributed by atoms with Crippen molar-refractivity contribution in [2.45, 2.75) is 43.9 Å². The maximum Gasteiger partial charge on any atom is 0.0981 e. The fourth-order valence-electron chi connectivity index (χ4n) is 2.60. The Morgan fingerprint density at radius 3 is 2.27 bits per heavy atom. The number of fused-ring (bicyclic) bond motifs is 1. The number of likely N-dealkylation sites (tertiary alicyclic amines) is 1. The number of hydrogen-bond acceptors (Lipinski definition) is 2. The molecular formula is C9H15NO. The summed E-state index contributed by atoms with van der Waals surface area (Å²) in [4.78, 5) is 2.64. The molecule has 2 heteroatoms. The Kier molecular flexibility index (Phi) is 1.29. The lowest BCUT2D eigenvalue weighted by Crippen LogP contribution is -2.33. The van der Waals surface area contributed by atoms with E-state index in [1.165, 1.54) is 38.8 Å². The SMILES string of the molecule is C1CCC(N2CC3OC3C2)C1. The highest BCUT2D eigenvalue weighted by Crippen LogP contribution is 2.35. The first-order chi connectivity index (χ1) is 5.43. The molecule has 3 rings (SSSR count). The largest absolute Gasteiger partial charge is 0.367 e. The van der Waals surface area contributed by atoms with Crippen LogP contribution in [0.3, 0.4) is 0 Å². The molecule has 0 aromatic heterocycles. The predicted octanol–water partition coefficient (Wildman–Crippen LogP) is 1.01. The zero-order valence-electron chi connectivity index (χ0n) is 6.83. The predicted molar refractivity (Wildman–Crippen MR) is 42.5 cm³/mol. The molecular weight excluding hydrogens is 138 g/mol. The molecule has 0 N–H and O–H groups in total. The van der Waals surface area contributed by atoms with Crippen LogP contribution in [0.2, 0.25) is 0 Å². The summed E-state index contributed by atoms with van der Waals surface area (Å²) in [5, 5.41) is 0. The smallest absolute Gasteiger partial charge is 0.0981 e. The molecule has 1 aliphatic carbocycles. The van der Waals surface area contributed by atoms with E-state index in [1.807, 2.05) is 0 Å². The Bertz CT molecular complexity index is 155. The van der Waals surface area contributed by atoms with E-state index in [4.69, 9.17) is 4.74 Å². The highest BCUT2D eigenvalue weighted by molar-refractivity contribution is 4.99. The van der Waals surface area contributed by atoms with E-state index in [-0.39, 0.29) is 0 Å². The summed E-state index contributed by atoms with van der Waals surface area (Å²) >= 11 is 0. The molecule has 3 fully saturated rings. The van der Waals surface area contributed by atoms with Crippen molar-refractivity contribution in [2.24, 2.45) is 0 Å². The van der Waals surface area contributed by atoms with Crippen molar-refractivity contribution in [1.82, 2.24) is 4.90 Å². The zero-order valence-corrected chi connectivity index (χ0v) is 6.83. The van der Waals surface area contributed by atoms with Crippen molar-refractivity contribution in [2.75, 3.05) is 13.1 Å². The van der Waals surface area contributed by atoms with Gasteiger partial charge in [0.2, 0.25) is 0 Å². The highest BCUT2D eigenvalue weighted by atomic mass is 16.6. The van der Waals surface area contributed by atoms with Crippen LogP contribution in [-0.2, 0) is 4.74 Å². The second-order valence-corrected chi connectivity index (χ2v) is 4.11. The van der Waals surface area contributed by atoms with Gasteiger partial charge in [-0.2, -0.15) is 0 Å². The van der Waals surface area contributed by atoms with E-state index in [2.05, 4.69) is 4.90 Å². The molecule has 2 nitrogen and oxygen atoms in total. The van der Waals surface area contributed by atoms with E-state index >= 15 is 0 Å². The summed E-state index contributed by atoms with van der Waals surface area (Å²) in [6.45, 7) is 2.46. The van der Waals surface area contributed by atoms with Crippen molar-refractivity contribution in [3.8, 4) is 0 Å². The lowest BCUT2D eigenvalue weighted by atomic mass is 10.2. The Hall–Kier alpha value is -0.0800. The van der Waals surface area contributed by atoms with Gasteiger partial charge in [-0.05, 0) is 12.8 Å². The van der Waals surface area contributed by atoms with E-state index in [0.717, 1.165) is 6.04 Å². The minimum Gasteiger partial charge on any atom is -0.367 e. The molecule has 0 amide bonds. The normalized spacial score (nSPS) is 44.7. The Morgan fingerprint density at radius 1 is 1.00 bits per heavy atom. The average molecular weight is 153 g/mol. The van der Waals surface area contributed by atoms with E-state index < -0.39 is 0 Å². The van der Waals surface area contributed by atoms with Crippen LogP contribution >= 0.6 is 0 Å². The molecule has 2 unspecified atom stereocenters. The van der Waals surface area contributed by atoms with Crippen LogP contribution in [0.5, 0.6) is 0 Å². The number of ether oxygens (including phenoxy) is 1. The first kappa shape index (κ1) is 6.44. The number of morpholine rings is 1. The molecule has 11 heavy (non-hydrogen) atoms. The third-order valence-electron chi connectivity index (χ3n) is 3.36. The van der Waals surface area contributed by atoms with E-state index in [0.29, 0.717) is 12.2 Å². The molecule has 2 atom stereocenters. The third-order valence-corrected chi connectivity index (χ3v) is 3.36. The first-order valence-corrected chi connectivity index (χ1v) is 4.83. The minimum absolute atomic E-state index is 0.635. The van der Waals surface area contributed by atoms with Crippen molar-refractivity contribution < 1.29 is 4.74 Å². The fraction of sp³-hybridized carbons (Fsp3) is 1.00. The summed E-state index contributed by atoms with van der Waals surface area (Å²) in [7, 11) is 0. The first-order valence-electron chi connectivity index (χ1n) is 4.83. The number of epoxide rings is 1. The summed E-state index contributed by atoms with van der Waals surface area (Å²) in [6.07, 6.45) is 7.07. The van der Waals surface area contributed by atoms with Crippen molar-refractivity contribution >= 4 is 0 Å². The quantitative estimate of drug-likeness (QED) is 0.522. The summed E-state index contributed by atoms with van der Waals surface area (Å²) in [5.41, 5.74) is 0. The topological polar surface area (TPSA) is 15.8 Å². The average Bonchev–Trinajstić information content (AvgIpc) is 2.60. The lowest BCUT2D eigenvalue weighted by Gasteiger charge is -2.24. The van der Waals surface area contributed by atoms with Crippen LogP contribution < -0.4 is 0 Å². The Balaban J connectivity index is 1.62. The van der Waals surface area contributed by atoms with Crippen LogP contribution in [-0.4, -0.2) is 36.2 Å². The standard InChI is InChI=1S/C9H15NO/c1-2-4-7(3-1)10-5-8-9(6-10)11-8/h7-9H,1-6H2. The van der Waals surface area contributed by atoms with Crippen LogP contribution in [0.1, 0.15) is 25.7 Å². The van der Waals surface area contributed by atoms with Crippen LogP contribution in [0.25, 0.3) is 0 Å². The van der Waals surface area contributed by atoms with Crippen LogP contribution in [0.4, 0.5) is 0 Å². The molecule has 0 spiro atoms. The molecule has 0 radical (unpaired) electrons. The van der Waals surface area contributed by atoms with Gasteiger partial charge in [0.1, 0.15) is 0 Å². The Labute approximate surface area is 67.5 Å². The van der Waals surface area contributed by atoms with Gasteiger partial charge in [-0.15, -0.1) is 0 Å². The monoisotopic (exact) mass is 153 g/mol. The summed E-state index contributed by atoms with van der Waals surface area (Å²) < 4.78 is 5.40. The summed E-state index contributed by atoms with van der Waals surface area (Å²) in [5.74, 6) is 0. The highest BCUT2D eigenvalue weighted by Gasteiger charge is 2.48. The Morgan fingerprint density at radius 2 is 1.64 bits per heavy atom. The molecule has 1 saturated carbocycles. The molecule has 0 aromatic rings. The van der Waals surface area contributed by atoms with Crippen LogP contribution in [0, 0.1) is 0 Å². The van der Waals surface area contributed by atoms with Gasteiger partial charge < -0.3 is 4.74 Å². The molecule has 2 aliphatic heterocycles. The van der Waals surface area contributed by atoms with Gasteiger partial charge in [0.05, 0.1) is 12.2 Å². The fourth-order valence-corrected chi connectivity index (χ4v) is 2.60. The van der Waals surface area contributed by atoms with Gasteiger partial charge in [0.25, 0.3) is 0 Å². The maximum atomic E-state index is 5.40. The molecule has 62 valence electrons. The minimum atomic E-state index is 0.635. The molecule has 2 heterocycles. The molecule has 0 bridgehead atoms. The van der Waals surface area contributed by atoms with Crippen molar-refractivity contribution in [3.63, 3.8) is 0 Å². The van der Waals surface area contributed by atoms with E-state index in [1.54, 1.807) is 0 Å². The van der Waals surface area contributed by atoms with Crippen molar-refractivity contribution in [1.29, 1.82) is 0 Å². The molecule has 3 aliphatic rings. The van der Waals surface area contributed by atoms with Gasteiger partial charge >= 0.3 is 0 Å². The number of nitrogens with zero attached hydrogens (tertiary/aromatic N) is 1. The second kappa shape index (κ2) is 2.20. The number of hydrogen-bond donors (Lipinski definition) is 0. The molecule has 0 aromatic carbocycles.